The van der Waals surface area contributed by atoms with E-state index in [9.17, 15) is 4.79 Å². The number of nitrogens with zero attached hydrogens (tertiary/aromatic N) is 3. The highest BCUT2D eigenvalue weighted by molar-refractivity contribution is 5.95. The first-order valence-corrected chi connectivity index (χ1v) is 9.10. The van der Waals surface area contributed by atoms with Crippen LogP contribution in [0.2, 0.25) is 0 Å². The maximum absolute atomic E-state index is 12.9. The average Bonchev–Trinajstić information content (AvgIpc) is 3.02. The average molecular weight is 349 g/mol. The number of pyridine rings is 2. The van der Waals surface area contributed by atoms with Gasteiger partial charge in [-0.1, -0.05) is 6.07 Å². The van der Waals surface area contributed by atoms with Crippen LogP contribution in [-0.2, 0) is 6.54 Å². The number of rotatable bonds is 4. The SMILES string of the molecule is Cc1nc2ccccn2c1CNC(=O)c1cccnc1C1CCNCC1. The van der Waals surface area contributed by atoms with E-state index in [1.165, 1.54) is 0 Å². The Morgan fingerprint density at radius 2 is 2.12 bits per heavy atom. The highest BCUT2D eigenvalue weighted by Gasteiger charge is 2.22. The third-order valence-corrected chi connectivity index (χ3v) is 5.05. The normalized spacial score (nSPS) is 15.3. The van der Waals surface area contributed by atoms with Crippen molar-refractivity contribution >= 4 is 11.6 Å². The molecule has 0 aromatic carbocycles. The number of aryl methyl sites for hydroxylation is 1. The summed E-state index contributed by atoms with van der Waals surface area (Å²) in [6.07, 6.45) is 5.79. The molecule has 2 N–H and O–H groups in total. The van der Waals surface area contributed by atoms with Gasteiger partial charge in [0.15, 0.2) is 0 Å². The Balaban J connectivity index is 1.54. The third kappa shape index (κ3) is 3.20. The molecular formula is C20H23N5O. The fraction of sp³-hybridized carbons (Fsp3) is 0.350. The monoisotopic (exact) mass is 349 g/mol. The Bertz CT molecular complexity index is 927. The number of nitrogens with one attached hydrogen (secondary N) is 2. The topological polar surface area (TPSA) is 71.3 Å². The minimum Gasteiger partial charge on any atom is -0.346 e. The number of amides is 1. The summed E-state index contributed by atoms with van der Waals surface area (Å²) in [6, 6.07) is 9.61. The number of carbonyl (C=O) groups is 1. The van der Waals surface area contributed by atoms with E-state index in [0.717, 1.165) is 48.7 Å². The van der Waals surface area contributed by atoms with Crippen LogP contribution < -0.4 is 10.6 Å². The molecule has 0 aliphatic carbocycles. The largest absolute Gasteiger partial charge is 0.346 e. The van der Waals surface area contributed by atoms with Gasteiger partial charge >= 0.3 is 0 Å². The van der Waals surface area contributed by atoms with Crippen molar-refractivity contribution in [3.63, 3.8) is 0 Å². The minimum absolute atomic E-state index is 0.0723. The number of fused-ring (bicyclic) bond motifs is 1. The molecule has 1 amide bonds. The highest BCUT2D eigenvalue weighted by atomic mass is 16.1. The highest BCUT2D eigenvalue weighted by Crippen LogP contribution is 2.26. The van der Waals surface area contributed by atoms with E-state index < -0.39 is 0 Å². The molecule has 134 valence electrons. The zero-order chi connectivity index (χ0) is 17.9. The fourth-order valence-electron chi connectivity index (χ4n) is 3.67. The Hall–Kier alpha value is -2.73. The molecule has 1 aliphatic heterocycles. The quantitative estimate of drug-likeness (QED) is 0.759. The Morgan fingerprint density at radius 1 is 1.27 bits per heavy atom. The maximum atomic E-state index is 12.9. The molecule has 3 aromatic heterocycles. The molecule has 0 radical (unpaired) electrons. The standard InChI is InChI=1S/C20H23N5O/c1-14-17(25-12-3-2-6-18(25)24-14)13-23-20(26)16-5-4-9-22-19(16)15-7-10-21-11-8-15/h2-6,9,12,15,21H,7-8,10-11,13H2,1H3,(H,23,26). The van der Waals surface area contributed by atoms with Crippen molar-refractivity contribution in [2.75, 3.05) is 13.1 Å². The lowest BCUT2D eigenvalue weighted by molar-refractivity contribution is 0.0948. The second-order valence-electron chi connectivity index (χ2n) is 6.72. The van der Waals surface area contributed by atoms with Crippen LogP contribution in [0.5, 0.6) is 0 Å². The summed E-state index contributed by atoms with van der Waals surface area (Å²) in [5.74, 6) is 0.271. The van der Waals surface area contributed by atoms with E-state index in [0.29, 0.717) is 18.0 Å². The summed E-state index contributed by atoms with van der Waals surface area (Å²) in [6.45, 7) is 4.36. The Labute approximate surface area is 152 Å². The molecule has 0 spiro atoms. The van der Waals surface area contributed by atoms with E-state index in [1.54, 1.807) is 6.20 Å². The summed E-state index contributed by atoms with van der Waals surface area (Å²) in [5.41, 5.74) is 4.43. The molecule has 6 heteroatoms. The van der Waals surface area contributed by atoms with Crippen molar-refractivity contribution in [3.8, 4) is 0 Å². The Morgan fingerprint density at radius 3 is 2.96 bits per heavy atom. The first kappa shape index (κ1) is 16.7. The number of piperidine rings is 1. The summed E-state index contributed by atoms with van der Waals surface area (Å²) < 4.78 is 2.02. The summed E-state index contributed by atoms with van der Waals surface area (Å²) in [5, 5.41) is 6.42. The zero-order valence-corrected chi connectivity index (χ0v) is 14.9. The van der Waals surface area contributed by atoms with Gasteiger partial charge < -0.3 is 15.0 Å². The van der Waals surface area contributed by atoms with Crippen molar-refractivity contribution in [3.05, 3.63) is 65.4 Å². The van der Waals surface area contributed by atoms with Crippen molar-refractivity contribution in [2.24, 2.45) is 0 Å². The molecule has 26 heavy (non-hydrogen) atoms. The van der Waals surface area contributed by atoms with Crippen LogP contribution in [0.4, 0.5) is 0 Å². The van der Waals surface area contributed by atoms with Gasteiger partial charge in [0.1, 0.15) is 5.65 Å². The Kier molecular flexibility index (Phi) is 4.67. The van der Waals surface area contributed by atoms with Gasteiger partial charge in [0.05, 0.1) is 29.2 Å². The molecule has 1 aliphatic rings. The van der Waals surface area contributed by atoms with Crippen LogP contribution >= 0.6 is 0 Å². The summed E-state index contributed by atoms with van der Waals surface area (Å²) in [7, 11) is 0. The lowest BCUT2D eigenvalue weighted by atomic mass is 9.91. The van der Waals surface area contributed by atoms with Gasteiger partial charge in [-0.3, -0.25) is 9.78 Å². The van der Waals surface area contributed by atoms with E-state index >= 15 is 0 Å². The lowest BCUT2D eigenvalue weighted by Crippen LogP contribution is -2.30. The van der Waals surface area contributed by atoms with Gasteiger partial charge in [0.25, 0.3) is 5.91 Å². The predicted molar refractivity (Wildman–Crippen MR) is 100 cm³/mol. The minimum atomic E-state index is -0.0723. The number of aromatic nitrogens is 3. The van der Waals surface area contributed by atoms with Crippen molar-refractivity contribution in [1.82, 2.24) is 25.0 Å². The zero-order valence-electron chi connectivity index (χ0n) is 14.9. The number of imidazole rings is 1. The summed E-state index contributed by atoms with van der Waals surface area (Å²) >= 11 is 0. The van der Waals surface area contributed by atoms with Crippen LogP contribution in [0.3, 0.4) is 0 Å². The first-order valence-electron chi connectivity index (χ1n) is 9.10. The van der Waals surface area contributed by atoms with Crippen LogP contribution in [0.15, 0.2) is 42.7 Å². The molecule has 0 saturated carbocycles. The van der Waals surface area contributed by atoms with Crippen molar-refractivity contribution in [2.45, 2.75) is 32.2 Å². The maximum Gasteiger partial charge on any atom is 0.253 e. The number of hydrogen-bond acceptors (Lipinski definition) is 4. The van der Waals surface area contributed by atoms with Crippen molar-refractivity contribution < 1.29 is 4.79 Å². The lowest BCUT2D eigenvalue weighted by Gasteiger charge is -2.23. The molecule has 4 rings (SSSR count). The second-order valence-corrected chi connectivity index (χ2v) is 6.72. The molecular weight excluding hydrogens is 326 g/mol. The van der Waals surface area contributed by atoms with Gasteiger partial charge in [0.2, 0.25) is 0 Å². The van der Waals surface area contributed by atoms with E-state index in [4.69, 9.17) is 0 Å². The van der Waals surface area contributed by atoms with Gasteiger partial charge in [-0.25, -0.2) is 4.98 Å². The number of hydrogen-bond donors (Lipinski definition) is 2. The van der Waals surface area contributed by atoms with Gasteiger partial charge in [0, 0.05) is 18.3 Å². The molecule has 0 bridgehead atoms. The molecule has 1 fully saturated rings. The van der Waals surface area contributed by atoms with Crippen LogP contribution in [0.25, 0.3) is 5.65 Å². The second kappa shape index (κ2) is 7.25. The smallest absolute Gasteiger partial charge is 0.253 e. The summed E-state index contributed by atoms with van der Waals surface area (Å²) in [4.78, 5) is 21.9. The van der Waals surface area contributed by atoms with Crippen LogP contribution in [0, 0.1) is 6.92 Å². The predicted octanol–water partition coefficient (Wildman–Crippen LogP) is 2.43. The van der Waals surface area contributed by atoms with E-state index in [2.05, 4.69) is 20.6 Å². The third-order valence-electron chi connectivity index (χ3n) is 5.05. The first-order chi connectivity index (χ1) is 12.7. The molecule has 4 heterocycles. The molecule has 1 saturated heterocycles. The molecule has 0 atom stereocenters. The fourth-order valence-corrected chi connectivity index (χ4v) is 3.67. The van der Waals surface area contributed by atoms with Gasteiger partial charge in [-0.2, -0.15) is 0 Å². The van der Waals surface area contributed by atoms with E-state index in [1.807, 2.05) is 47.9 Å². The van der Waals surface area contributed by atoms with Gasteiger partial charge in [-0.15, -0.1) is 0 Å². The van der Waals surface area contributed by atoms with Gasteiger partial charge in [-0.05, 0) is 57.1 Å². The van der Waals surface area contributed by atoms with Crippen LogP contribution in [-0.4, -0.2) is 33.4 Å². The van der Waals surface area contributed by atoms with Crippen molar-refractivity contribution in [1.29, 1.82) is 0 Å². The molecule has 3 aromatic rings. The molecule has 6 nitrogen and oxygen atoms in total. The van der Waals surface area contributed by atoms with Crippen LogP contribution in [0.1, 0.15) is 46.2 Å². The van der Waals surface area contributed by atoms with E-state index in [-0.39, 0.29) is 5.91 Å². The molecule has 0 unspecified atom stereocenters. The number of carbonyl (C=O) groups excluding carboxylic acids is 1.